The number of unbranched alkanes of at least 4 members (excludes halogenated alkanes) is 1. The van der Waals surface area contributed by atoms with E-state index in [0.29, 0.717) is 5.75 Å². The molecule has 1 aliphatic heterocycles. The fraction of sp³-hybridized carbons (Fsp3) is 0.647. The molecule has 1 aliphatic rings. The van der Waals surface area contributed by atoms with Crippen molar-refractivity contribution in [2.24, 2.45) is 0 Å². The molecular formula is C17H27NO. The average Bonchev–Trinajstić information content (AvgIpc) is 2.39. The fourth-order valence-electron chi connectivity index (χ4n) is 3.20. The number of hydrogen-bond acceptors (Lipinski definition) is 2. The Morgan fingerprint density at radius 3 is 2.32 bits per heavy atom. The molecule has 1 N–H and O–H groups in total. The molecular weight excluding hydrogens is 234 g/mol. The van der Waals surface area contributed by atoms with E-state index in [2.05, 4.69) is 18.7 Å². The summed E-state index contributed by atoms with van der Waals surface area (Å²) in [4.78, 5) is 2.68. The van der Waals surface area contributed by atoms with Crippen molar-refractivity contribution in [1.29, 1.82) is 0 Å². The first-order valence-corrected chi connectivity index (χ1v) is 7.70. The van der Waals surface area contributed by atoms with Gasteiger partial charge in [-0.3, -0.25) is 4.90 Å². The van der Waals surface area contributed by atoms with Gasteiger partial charge in [0, 0.05) is 12.1 Å². The second-order valence-electron chi connectivity index (χ2n) is 5.99. The molecule has 2 atom stereocenters. The van der Waals surface area contributed by atoms with Crippen molar-refractivity contribution in [3.05, 3.63) is 29.8 Å². The molecule has 1 aromatic carbocycles. The highest BCUT2D eigenvalue weighted by Crippen LogP contribution is 2.23. The first-order valence-electron chi connectivity index (χ1n) is 7.70. The Hall–Kier alpha value is -1.02. The van der Waals surface area contributed by atoms with Crippen LogP contribution in [0.2, 0.25) is 0 Å². The lowest BCUT2D eigenvalue weighted by atomic mass is 9.97. The molecule has 2 heteroatoms. The normalized spacial score (nSPS) is 24.5. The summed E-state index contributed by atoms with van der Waals surface area (Å²) in [5.74, 6) is 0.361. The van der Waals surface area contributed by atoms with Crippen molar-refractivity contribution in [3.63, 3.8) is 0 Å². The van der Waals surface area contributed by atoms with E-state index in [1.165, 1.54) is 44.2 Å². The van der Waals surface area contributed by atoms with Crippen molar-refractivity contribution in [2.75, 3.05) is 6.54 Å². The zero-order chi connectivity index (χ0) is 13.7. The minimum atomic E-state index is 0.361. The van der Waals surface area contributed by atoms with E-state index >= 15 is 0 Å². The molecule has 0 saturated carbocycles. The molecule has 0 bridgehead atoms. The first kappa shape index (κ1) is 14.4. The van der Waals surface area contributed by atoms with Gasteiger partial charge in [-0.15, -0.1) is 0 Å². The molecule has 0 radical (unpaired) electrons. The average molecular weight is 261 g/mol. The van der Waals surface area contributed by atoms with Crippen molar-refractivity contribution < 1.29 is 5.11 Å². The SMILES string of the molecule is CC1CCCC(C)N1CCCCc1ccc(O)cc1. The molecule has 2 rings (SSSR count). The van der Waals surface area contributed by atoms with E-state index in [9.17, 15) is 5.11 Å². The number of rotatable bonds is 5. The largest absolute Gasteiger partial charge is 0.508 e. The van der Waals surface area contributed by atoms with Crippen LogP contribution in [0.5, 0.6) is 5.75 Å². The van der Waals surface area contributed by atoms with Crippen molar-refractivity contribution in [3.8, 4) is 5.75 Å². The third-order valence-electron chi connectivity index (χ3n) is 4.44. The van der Waals surface area contributed by atoms with E-state index in [1.807, 2.05) is 12.1 Å². The maximum atomic E-state index is 9.25. The number of hydrogen-bond donors (Lipinski definition) is 1. The van der Waals surface area contributed by atoms with Crippen molar-refractivity contribution >= 4 is 0 Å². The topological polar surface area (TPSA) is 23.5 Å². The maximum absolute atomic E-state index is 9.25. The summed E-state index contributed by atoms with van der Waals surface area (Å²) in [7, 11) is 0. The molecule has 19 heavy (non-hydrogen) atoms. The maximum Gasteiger partial charge on any atom is 0.115 e. The van der Waals surface area contributed by atoms with Gasteiger partial charge in [-0.1, -0.05) is 18.6 Å². The summed E-state index contributed by atoms with van der Waals surface area (Å²) in [6.45, 7) is 5.98. The van der Waals surface area contributed by atoms with Crippen LogP contribution in [-0.2, 0) is 6.42 Å². The molecule has 0 spiro atoms. The Morgan fingerprint density at radius 2 is 1.68 bits per heavy atom. The summed E-state index contributed by atoms with van der Waals surface area (Å²) in [6, 6.07) is 9.15. The summed E-state index contributed by atoms with van der Waals surface area (Å²) in [6.07, 6.45) is 7.75. The third-order valence-corrected chi connectivity index (χ3v) is 4.44. The smallest absolute Gasteiger partial charge is 0.115 e. The molecule has 1 fully saturated rings. The number of phenolic OH excluding ortho intramolecular Hbond substituents is 1. The lowest BCUT2D eigenvalue weighted by Gasteiger charge is -2.39. The van der Waals surface area contributed by atoms with Crippen molar-refractivity contribution in [2.45, 2.75) is 64.5 Å². The van der Waals surface area contributed by atoms with Crippen LogP contribution >= 0.6 is 0 Å². The van der Waals surface area contributed by atoms with Gasteiger partial charge in [0.15, 0.2) is 0 Å². The number of phenols is 1. The van der Waals surface area contributed by atoms with Crippen LogP contribution in [0.15, 0.2) is 24.3 Å². The van der Waals surface area contributed by atoms with Crippen LogP contribution < -0.4 is 0 Å². The highest BCUT2D eigenvalue weighted by atomic mass is 16.3. The molecule has 2 nitrogen and oxygen atoms in total. The van der Waals surface area contributed by atoms with E-state index in [0.717, 1.165) is 18.5 Å². The quantitative estimate of drug-likeness (QED) is 0.810. The Kier molecular flexibility index (Phi) is 5.26. The van der Waals surface area contributed by atoms with Crippen LogP contribution in [0, 0.1) is 0 Å². The monoisotopic (exact) mass is 261 g/mol. The van der Waals surface area contributed by atoms with Gasteiger partial charge >= 0.3 is 0 Å². The summed E-state index contributed by atoms with van der Waals surface area (Å²) < 4.78 is 0. The van der Waals surface area contributed by atoms with Gasteiger partial charge in [0.05, 0.1) is 0 Å². The molecule has 1 heterocycles. The summed E-state index contributed by atoms with van der Waals surface area (Å²) in [5, 5.41) is 9.25. The lowest BCUT2D eigenvalue weighted by Crippen LogP contribution is -2.44. The molecule has 0 aliphatic carbocycles. The van der Waals surface area contributed by atoms with Crippen LogP contribution in [0.4, 0.5) is 0 Å². The zero-order valence-corrected chi connectivity index (χ0v) is 12.3. The van der Waals surface area contributed by atoms with Crippen molar-refractivity contribution in [1.82, 2.24) is 4.90 Å². The summed E-state index contributed by atoms with van der Waals surface area (Å²) in [5.41, 5.74) is 1.33. The molecule has 2 unspecified atom stereocenters. The number of aryl methyl sites for hydroxylation is 1. The Morgan fingerprint density at radius 1 is 1.05 bits per heavy atom. The lowest BCUT2D eigenvalue weighted by molar-refractivity contribution is 0.101. The standard InChI is InChI=1S/C17H27NO/c1-14-6-5-7-15(2)18(14)13-4-3-8-16-9-11-17(19)12-10-16/h9-12,14-15,19H,3-8,13H2,1-2H3. The van der Waals surface area contributed by atoms with E-state index in [4.69, 9.17) is 0 Å². The fourth-order valence-corrected chi connectivity index (χ4v) is 3.20. The Labute approximate surface area is 117 Å². The second kappa shape index (κ2) is 6.95. The molecule has 0 aromatic heterocycles. The number of piperidine rings is 1. The predicted octanol–water partition coefficient (Wildman–Crippen LogP) is 3.98. The molecule has 106 valence electrons. The number of nitrogens with zero attached hydrogens (tertiary/aromatic N) is 1. The highest BCUT2D eigenvalue weighted by molar-refractivity contribution is 5.25. The van der Waals surface area contributed by atoms with E-state index in [1.54, 1.807) is 12.1 Å². The molecule has 1 aromatic rings. The second-order valence-corrected chi connectivity index (χ2v) is 5.99. The minimum Gasteiger partial charge on any atom is -0.508 e. The summed E-state index contributed by atoms with van der Waals surface area (Å²) >= 11 is 0. The van der Waals surface area contributed by atoms with Gasteiger partial charge in [0.2, 0.25) is 0 Å². The Balaban J connectivity index is 1.70. The van der Waals surface area contributed by atoms with Gasteiger partial charge < -0.3 is 5.11 Å². The van der Waals surface area contributed by atoms with Crippen LogP contribution in [-0.4, -0.2) is 28.6 Å². The predicted molar refractivity (Wildman–Crippen MR) is 80.5 cm³/mol. The minimum absolute atomic E-state index is 0.361. The van der Waals surface area contributed by atoms with Crippen LogP contribution in [0.1, 0.15) is 51.5 Å². The van der Waals surface area contributed by atoms with Crippen LogP contribution in [0.3, 0.4) is 0 Å². The first-order chi connectivity index (χ1) is 9.16. The number of benzene rings is 1. The van der Waals surface area contributed by atoms with E-state index in [-0.39, 0.29) is 0 Å². The van der Waals surface area contributed by atoms with Crippen LogP contribution in [0.25, 0.3) is 0 Å². The highest BCUT2D eigenvalue weighted by Gasteiger charge is 2.23. The molecule has 0 amide bonds. The van der Waals surface area contributed by atoms with Gasteiger partial charge in [-0.2, -0.15) is 0 Å². The molecule has 1 saturated heterocycles. The van der Waals surface area contributed by atoms with Gasteiger partial charge in [0.25, 0.3) is 0 Å². The third kappa shape index (κ3) is 4.24. The van der Waals surface area contributed by atoms with Gasteiger partial charge in [-0.25, -0.2) is 0 Å². The number of aromatic hydroxyl groups is 1. The number of likely N-dealkylation sites (tertiary alicyclic amines) is 1. The van der Waals surface area contributed by atoms with Gasteiger partial charge in [-0.05, 0) is 70.2 Å². The Bertz CT molecular complexity index is 363. The van der Waals surface area contributed by atoms with E-state index < -0.39 is 0 Å². The van der Waals surface area contributed by atoms with Gasteiger partial charge in [0.1, 0.15) is 5.75 Å². The zero-order valence-electron chi connectivity index (χ0n) is 12.3.